The minimum atomic E-state index is 0.752. The summed E-state index contributed by atoms with van der Waals surface area (Å²) in [5.41, 5.74) is 0. The molecule has 0 saturated heterocycles. The van der Waals surface area contributed by atoms with Crippen LogP contribution in [0.25, 0.3) is 0 Å². The van der Waals surface area contributed by atoms with Crippen LogP contribution in [0.1, 0.15) is 12.8 Å². The van der Waals surface area contributed by atoms with Gasteiger partial charge in [0, 0.05) is 26.8 Å². The minimum absolute atomic E-state index is 0.752. The summed E-state index contributed by atoms with van der Waals surface area (Å²) < 4.78 is 4.93. The summed E-state index contributed by atoms with van der Waals surface area (Å²) in [6.45, 7) is 2.61. The quantitative estimate of drug-likeness (QED) is 0.489. The first-order valence-electron chi connectivity index (χ1n) is 4.81. The number of thiocarbonyl (C=S) groups is 1. The van der Waals surface area contributed by atoms with E-state index >= 15 is 0 Å². The molecule has 0 aliphatic heterocycles. The molecule has 0 aliphatic carbocycles. The second-order valence-electron chi connectivity index (χ2n) is 2.88. The second kappa shape index (κ2) is 11.1. The van der Waals surface area contributed by atoms with E-state index in [2.05, 4.69) is 16.9 Å². The van der Waals surface area contributed by atoms with Crippen molar-refractivity contribution in [1.29, 1.82) is 0 Å². The molecule has 2 N–H and O–H groups in total. The highest BCUT2D eigenvalue weighted by Crippen LogP contribution is 1.92. The lowest BCUT2D eigenvalue weighted by Gasteiger charge is -2.09. The molecular weight excluding hydrogens is 216 g/mol. The van der Waals surface area contributed by atoms with Gasteiger partial charge in [-0.25, -0.2) is 0 Å². The molecule has 0 aromatic carbocycles. The zero-order valence-electron chi connectivity index (χ0n) is 8.97. The molecule has 0 rings (SSSR count). The highest BCUT2D eigenvalue weighted by atomic mass is 32.2. The third kappa shape index (κ3) is 10.1. The lowest BCUT2D eigenvalue weighted by molar-refractivity contribution is 0.195. The summed E-state index contributed by atoms with van der Waals surface area (Å²) in [5.74, 6) is 1.18. The van der Waals surface area contributed by atoms with E-state index in [4.69, 9.17) is 17.0 Å². The van der Waals surface area contributed by atoms with Gasteiger partial charge < -0.3 is 15.4 Å². The third-order valence-corrected chi connectivity index (χ3v) is 2.61. The zero-order valence-corrected chi connectivity index (χ0v) is 10.6. The van der Waals surface area contributed by atoms with E-state index in [1.165, 1.54) is 5.75 Å². The van der Waals surface area contributed by atoms with Crippen molar-refractivity contribution < 1.29 is 4.74 Å². The molecule has 0 heterocycles. The molecule has 5 heteroatoms. The van der Waals surface area contributed by atoms with E-state index in [1.54, 1.807) is 7.11 Å². The molecule has 0 aromatic heterocycles. The van der Waals surface area contributed by atoms with Gasteiger partial charge in [-0.1, -0.05) is 0 Å². The van der Waals surface area contributed by atoms with Crippen LogP contribution in [-0.2, 0) is 4.74 Å². The van der Waals surface area contributed by atoms with Crippen molar-refractivity contribution in [1.82, 2.24) is 10.6 Å². The fourth-order valence-electron chi connectivity index (χ4n) is 0.899. The molecule has 0 bridgehead atoms. The Bertz CT molecular complexity index is 131. The normalized spacial score (nSPS) is 9.86. The Morgan fingerprint density at radius 3 is 2.50 bits per heavy atom. The van der Waals surface area contributed by atoms with Gasteiger partial charge in [-0.15, -0.1) is 0 Å². The van der Waals surface area contributed by atoms with Gasteiger partial charge in [-0.05, 0) is 37.1 Å². The average molecular weight is 236 g/mol. The van der Waals surface area contributed by atoms with Gasteiger partial charge in [-0.2, -0.15) is 11.8 Å². The van der Waals surface area contributed by atoms with Crippen LogP contribution in [0.2, 0.25) is 0 Å². The molecule has 0 saturated carbocycles. The van der Waals surface area contributed by atoms with Crippen molar-refractivity contribution in [3.8, 4) is 0 Å². The van der Waals surface area contributed by atoms with Crippen LogP contribution in [0.15, 0.2) is 0 Å². The smallest absolute Gasteiger partial charge is 0.166 e. The monoisotopic (exact) mass is 236 g/mol. The van der Waals surface area contributed by atoms with Gasteiger partial charge in [0.1, 0.15) is 0 Å². The standard InChI is InChI=1S/C9H20N2OS2/c1-12-7-3-5-10-9(13)11-6-4-8-14-2/h3-8H2,1-2H3,(H2,10,11,13). The van der Waals surface area contributed by atoms with E-state index in [9.17, 15) is 0 Å². The van der Waals surface area contributed by atoms with E-state index in [-0.39, 0.29) is 0 Å². The molecule has 0 unspecified atom stereocenters. The van der Waals surface area contributed by atoms with Crippen LogP contribution < -0.4 is 10.6 Å². The van der Waals surface area contributed by atoms with Gasteiger partial charge in [0.25, 0.3) is 0 Å². The fourth-order valence-corrected chi connectivity index (χ4v) is 1.54. The first-order valence-corrected chi connectivity index (χ1v) is 6.61. The Kier molecular flexibility index (Phi) is 11.1. The maximum atomic E-state index is 5.08. The van der Waals surface area contributed by atoms with Crippen LogP contribution in [0.3, 0.4) is 0 Å². The Labute approximate surface area is 96.4 Å². The number of hydrogen-bond donors (Lipinski definition) is 2. The molecule has 84 valence electrons. The Morgan fingerprint density at radius 2 is 1.93 bits per heavy atom. The molecule has 0 amide bonds. The molecule has 3 nitrogen and oxygen atoms in total. The molecule has 0 spiro atoms. The van der Waals surface area contributed by atoms with E-state index in [0.717, 1.165) is 37.7 Å². The molecule has 0 aliphatic rings. The summed E-state index contributed by atoms with van der Waals surface area (Å²) in [7, 11) is 1.71. The van der Waals surface area contributed by atoms with Gasteiger partial charge in [0.05, 0.1) is 0 Å². The zero-order chi connectivity index (χ0) is 10.6. The Morgan fingerprint density at radius 1 is 1.29 bits per heavy atom. The predicted octanol–water partition coefficient (Wildman–Crippen LogP) is 1.24. The summed E-state index contributed by atoms with van der Waals surface area (Å²) in [5, 5.41) is 7.04. The van der Waals surface area contributed by atoms with Crippen molar-refractivity contribution in [2.24, 2.45) is 0 Å². The van der Waals surface area contributed by atoms with E-state index in [1.807, 2.05) is 11.8 Å². The Hall–Kier alpha value is 0. The van der Waals surface area contributed by atoms with Crippen molar-refractivity contribution >= 4 is 29.1 Å². The van der Waals surface area contributed by atoms with Crippen molar-refractivity contribution in [3.63, 3.8) is 0 Å². The lowest BCUT2D eigenvalue weighted by Crippen LogP contribution is -2.36. The lowest BCUT2D eigenvalue weighted by atomic mass is 10.4. The first-order chi connectivity index (χ1) is 6.81. The van der Waals surface area contributed by atoms with Crippen LogP contribution >= 0.6 is 24.0 Å². The summed E-state index contributed by atoms with van der Waals surface area (Å²) in [4.78, 5) is 0. The molecule has 0 fully saturated rings. The Balaban J connectivity index is 3.11. The van der Waals surface area contributed by atoms with Crippen molar-refractivity contribution in [3.05, 3.63) is 0 Å². The number of thioether (sulfide) groups is 1. The minimum Gasteiger partial charge on any atom is -0.385 e. The number of hydrogen-bond acceptors (Lipinski definition) is 3. The number of methoxy groups -OCH3 is 1. The topological polar surface area (TPSA) is 33.3 Å². The van der Waals surface area contributed by atoms with Crippen LogP contribution in [0, 0.1) is 0 Å². The first kappa shape index (κ1) is 14.0. The average Bonchev–Trinajstić information content (AvgIpc) is 2.19. The molecular formula is C9H20N2OS2. The van der Waals surface area contributed by atoms with Gasteiger partial charge >= 0.3 is 0 Å². The molecule has 0 atom stereocenters. The highest BCUT2D eigenvalue weighted by Gasteiger charge is 1.93. The largest absolute Gasteiger partial charge is 0.385 e. The number of nitrogens with one attached hydrogen (secondary N) is 2. The van der Waals surface area contributed by atoms with E-state index in [0.29, 0.717) is 0 Å². The van der Waals surface area contributed by atoms with Gasteiger partial charge in [0.2, 0.25) is 0 Å². The van der Waals surface area contributed by atoms with Crippen LogP contribution in [0.4, 0.5) is 0 Å². The maximum Gasteiger partial charge on any atom is 0.166 e. The molecule has 0 aromatic rings. The number of ether oxygens (including phenoxy) is 1. The second-order valence-corrected chi connectivity index (χ2v) is 4.27. The van der Waals surface area contributed by atoms with Crippen LogP contribution in [0.5, 0.6) is 0 Å². The van der Waals surface area contributed by atoms with Crippen molar-refractivity contribution in [2.75, 3.05) is 38.8 Å². The van der Waals surface area contributed by atoms with E-state index < -0.39 is 0 Å². The fraction of sp³-hybridized carbons (Fsp3) is 0.889. The SMILES string of the molecule is COCCCNC(=S)NCCCSC. The third-order valence-electron chi connectivity index (χ3n) is 1.62. The van der Waals surface area contributed by atoms with Crippen LogP contribution in [-0.4, -0.2) is 43.9 Å². The maximum absolute atomic E-state index is 5.08. The summed E-state index contributed by atoms with van der Waals surface area (Å²) in [6, 6.07) is 0. The predicted molar refractivity (Wildman–Crippen MR) is 68.1 cm³/mol. The summed E-state index contributed by atoms with van der Waals surface area (Å²) in [6.07, 6.45) is 4.26. The van der Waals surface area contributed by atoms with Gasteiger partial charge in [0.15, 0.2) is 5.11 Å². The summed E-state index contributed by atoms with van der Waals surface area (Å²) >= 11 is 6.94. The number of rotatable bonds is 8. The van der Waals surface area contributed by atoms with Gasteiger partial charge in [-0.3, -0.25) is 0 Å². The van der Waals surface area contributed by atoms with Crippen molar-refractivity contribution in [2.45, 2.75) is 12.8 Å². The molecule has 14 heavy (non-hydrogen) atoms. The molecule has 0 radical (unpaired) electrons. The highest BCUT2D eigenvalue weighted by molar-refractivity contribution is 7.98.